The number of aromatic nitrogens is 5. The number of oxazole rings is 1. The van der Waals surface area contributed by atoms with E-state index in [0.29, 0.717) is 17.5 Å². The van der Waals surface area contributed by atoms with Gasteiger partial charge in [-0.15, -0.1) is 22.6 Å². The summed E-state index contributed by atoms with van der Waals surface area (Å²) in [5, 5.41) is 9.31. The molecule has 2 fully saturated rings. The van der Waals surface area contributed by atoms with E-state index in [1.807, 2.05) is 18.5 Å². The number of pyridine rings is 1. The number of halogens is 4. The first-order chi connectivity index (χ1) is 15.3. The smallest absolute Gasteiger partial charge is 0.417 e. The molecule has 1 aliphatic heterocycles. The summed E-state index contributed by atoms with van der Waals surface area (Å²) in [6.45, 7) is 4.65. The molecule has 4 heterocycles. The highest BCUT2D eigenvalue weighted by atomic mass is 35.5. The molecule has 12 heteroatoms. The van der Waals surface area contributed by atoms with Crippen LogP contribution in [0.5, 0.6) is 0 Å². The molecule has 3 aromatic rings. The Morgan fingerprint density at radius 1 is 1.24 bits per heavy atom. The van der Waals surface area contributed by atoms with E-state index < -0.39 is 11.7 Å². The van der Waals surface area contributed by atoms with Crippen molar-refractivity contribution in [3.8, 4) is 11.6 Å². The first-order valence-electron chi connectivity index (χ1n) is 10.5. The van der Waals surface area contributed by atoms with Crippen molar-refractivity contribution < 1.29 is 17.6 Å². The topological polar surface area (TPSA) is 72.9 Å². The van der Waals surface area contributed by atoms with Crippen LogP contribution >= 0.6 is 24.2 Å². The highest BCUT2D eigenvalue weighted by Crippen LogP contribution is 2.58. The maximum atomic E-state index is 12.8. The summed E-state index contributed by atoms with van der Waals surface area (Å²) in [6.07, 6.45) is 0.0213. The van der Waals surface area contributed by atoms with Gasteiger partial charge in [0.05, 0.1) is 11.3 Å². The van der Waals surface area contributed by atoms with E-state index in [1.165, 1.54) is 6.39 Å². The monoisotopic (exact) mass is 500 g/mol. The molecule has 0 N–H and O–H groups in total. The van der Waals surface area contributed by atoms with Crippen molar-refractivity contribution in [1.82, 2.24) is 29.6 Å². The van der Waals surface area contributed by atoms with Crippen LogP contribution < -0.4 is 0 Å². The Kier molecular flexibility index (Phi) is 6.49. The van der Waals surface area contributed by atoms with Crippen LogP contribution in [0.1, 0.15) is 29.8 Å². The Labute approximate surface area is 199 Å². The van der Waals surface area contributed by atoms with Crippen LogP contribution in [-0.4, -0.2) is 55.0 Å². The zero-order valence-corrected chi connectivity index (χ0v) is 19.8. The van der Waals surface area contributed by atoms with Gasteiger partial charge in [-0.25, -0.2) is 4.98 Å². The highest BCUT2D eigenvalue weighted by molar-refractivity contribution is 7.99. The average Bonchev–Trinajstić information content (AvgIpc) is 3.05. The number of likely N-dealkylation sites (tertiary alicyclic amines) is 1. The van der Waals surface area contributed by atoms with Gasteiger partial charge in [0.25, 0.3) is 0 Å². The molecule has 0 amide bonds. The lowest BCUT2D eigenvalue weighted by Crippen LogP contribution is -2.28. The Hall–Kier alpha value is -2.11. The molecule has 178 valence electrons. The summed E-state index contributed by atoms with van der Waals surface area (Å²) in [6, 6.07) is 2.71. The molecule has 2 aliphatic rings. The minimum Gasteiger partial charge on any atom is -0.440 e. The van der Waals surface area contributed by atoms with Crippen molar-refractivity contribution in [2.75, 3.05) is 25.4 Å². The minimum absolute atomic E-state index is 0. The quantitative estimate of drug-likeness (QED) is 0.352. The van der Waals surface area contributed by atoms with Gasteiger partial charge in [-0.1, -0.05) is 11.8 Å². The highest BCUT2D eigenvalue weighted by Gasteiger charge is 2.61. The Balaban J connectivity index is 0.00000259. The van der Waals surface area contributed by atoms with Crippen molar-refractivity contribution in [2.45, 2.75) is 36.5 Å². The summed E-state index contributed by atoms with van der Waals surface area (Å²) in [4.78, 5) is 10.7. The molecule has 0 aromatic carbocycles. The van der Waals surface area contributed by atoms with Crippen LogP contribution in [0.15, 0.2) is 34.3 Å². The maximum absolute atomic E-state index is 12.8. The van der Waals surface area contributed by atoms with E-state index >= 15 is 0 Å². The second-order valence-corrected chi connectivity index (χ2v) is 9.62. The molecule has 33 heavy (non-hydrogen) atoms. The van der Waals surface area contributed by atoms with E-state index in [0.717, 1.165) is 67.0 Å². The van der Waals surface area contributed by atoms with Crippen molar-refractivity contribution in [1.29, 1.82) is 0 Å². The number of hydrogen-bond acceptors (Lipinski definition) is 7. The van der Waals surface area contributed by atoms with Crippen LogP contribution in [0.4, 0.5) is 13.2 Å². The van der Waals surface area contributed by atoms with Crippen molar-refractivity contribution in [2.24, 2.45) is 13.0 Å². The molecule has 5 rings (SSSR count). The predicted molar refractivity (Wildman–Crippen MR) is 119 cm³/mol. The second kappa shape index (κ2) is 8.92. The lowest BCUT2D eigenvalue weighted by atomic mass is 10.00. The van der Waals surface area contributed by atoms with E-state index in [-0.39, 0.29) is 17.8 Å². The molecule has 0 unspecified atom stereocenters. The predicted octanol–water partition coefficient (Wildman–Crippen LogP) is 4.37. The van der Waals surface area contributed by atoms with E-state index in [2.05, 4.69) is 25.1 Å². The lowest BCUT2D eigenvalue weighted by Gasteiger charge is -2.20. The SMILES string of the molecule is Cc1ncoc1-c1nnc(SCCCN2C[C@H]3C[C@@]3(c3ccc(C(F)(F)F)cn3)C2)n1C.Cl. The fourth-order valence-electron chi connectivity index (χ4n) is 4.62. The van der Waals surface area contributed by atoms with Gasteiger partial charge in [0.2, 0.25) is 5.82 Å². The van der Waals surface area contributed by atoms with Crippen LogP contribution in [0.3, 0.4) is 0 Å². The van der Waals surface area contributed by atoms with Gasteiger partial charge < -0.3 is 13.9 Å². The van der Waals surface area contributed by atoms with Gasteiger partial charge >= 0.3 is 6.18 Å². The van der Waals surface area contributed by atoms with Crippen LogP contribution in [0, 0.1) is 12.8 Å². The molecular weight excluding hydrogens is 477 g/mol. The maximum Gasteiger partial charge on any atom is 0.417 e. The number of fused-ring (bicyclic) bond motifs is 1. The number of thioether (sulfide) groups is 1. The standard InChI is InChI=1S/C21H23F3N6OS.ClH/c1-13-17(31-12-26-13)18-27-28-19(29(18)2)32-7-3-6-30-10-15-8-20(15,11-30)16-5-4-14(9-25-16)21(22,23)24;/h4-5,9,12,15H,3,6-8,10-11H2,1-2H3;1H/t15-,20-;/m1./s1. The zero-order valence-electron chi connectivity index (χ0n) is 18.2. The molecule has 0 bridgehead atoms. The van der Waals surface area contributed by atoms with Crippen LogP contribution in [0.2, 0.25) is 0 Å². The molecule has 2 atom stereocenters. The Morgan fingerprint density at radius 2 is 2.06 bits per heavy atom. The van der Waals surface area contributed by atoms with Gasteiger partial charge in [0, 0.05) is 43.2 Å². The lowest BCUT2D eigenvalue weighted by molar-refractivity contribution is -0.137. The summed E-state index contributed by atoms with van der Waals surface area (Å²) < 4.78 is 45.7. The summed E-state index contributed by atoms with van der Waals surface area (Å²) in [7, 11) is 1.91. The first kappa shape index (κ1) is 24.0. The van der Waals surface area contributed by atoms with Crippen molar-refractivity contribution >= 4 is 24.2 Å². The number of aryl methyl sites for hydroxylation is 1. The second-order valence-electron chi connectivity index (χ2n) is 8.56. The van der Waals surface area contributed by atoms with Crippen LogP contribution in [0.25, 0.3) is 11.6 Å². The average molecular weight is 501 g/mol. The van der Waals surface area contributed by atoms with Crippen molar-refractivity contribution in [3.05, 3.63) is 41.7 Å². The third-order valence-electron chi connectivity index (χ3n) is 6.45. The molecule has 7 nitrogen and oxygen atoms in total. The van der Waals surface area contributed by atoms with Crippen molar-refractivity contribution in [3.63, 3.8) is 0 Å². The minimum atomic E-state index is -4.34. The fraction of sp³-hybridized carbons (Fsp3) is 0.524. The summed E-state index contributed by atoms with van der Waals surface area (Å²) in [5.74, 6) is 2.68. The van der Waals surface area contributed by atoms with E-state index in [4.69, 9.17) is 4.42 Å². The summed E-state index contributed by atoms with van der Waals surface area (Å²) >= 11 is 1.65. The van der Waals surface area contributed by atoms with Gasteiger partial charge in [-0.2, -0.15) is 13.2 Å². The van der Waals surface area contributed by atoms with E-state index in [9.17, 15) is 13.2 Å². The first-order valence-corrected chi connectivity index (χ1v) is 11.5. The number of nitrogens with zero attached hydrogens (tertiary/aromatic N) is 6. The number of hydrogen-bond donors (Lipinski definition) is 0. The third kappa shape index (κ3) is 4.50. The number of rotatable bonds is 7. The van der Waals surface area contributed by atoms with Gasteiger partial charge in [-0.3, -0.25) is 4.98 Å². The van der Waals surface area contributed by atoms with E-state index in [1.54, 1.807) is 17.8 Å². The Bertz CT molecular complexity index is 1120. The molecule has 0 radical (unpaired) electrons. The molecular formula is C21H24ClF3N6OS. The third-order valence-corrected chi connectivity index (χ3v) is 7.56. The van der Waals surface area contributed by atoms with Gasteiger partial charge in [0.15, 0.2) is 17.3 Å². The molecule has 3 aromatic heterocycles. The van der Waals surface area contributed by atoms with Gasteiger partial charge in [-0.05, 0) is 44.4 Å². The molecule has 0 spiro atoms. The molecule has 1 aliphatic carbocycles. The van der Waals surface area contributed by atoms with Gasteiger partial charge in [0.1, 0.15) is 0 Å². The Morgan fingerprint density at radius 3 is 2.73 bits per heavy atom. The number of piperidine rings is 1. The molecule has 1 saturated heterocycles. The van der Waals surface area contributed by atoms with Crippen LogP contribution in [-0.2, 0) is 18.6 Å². The largest absolute Gasteiger partial charge is 0.440 e. The fourth-order valence-corrected chi connectivity index (χ4v) is 5.45. The number of alkyl halides is 3. The molecule has 1 saturated carbocycles. The zero-order chi connectivity index (χ0) is 22.5. The normalized spacial score (nSPS) is 22.3. The summed E-state index contributed by atoms with van der Waals surface area (Å²) in [5.41, 5.74) is 0.819.